The lowest BCUT2D eigenvalue weighted by Crippen LogP contribution is -2.22. The normalized spacial score (nSPS) is 10.4. The minimum atomic E-state index is 0.0230. The number of hydrogen-bond acceptors (Lipinski definition) is 2. The van der Waals surface area contributed by atoms with Crippen molar-refractivity contribution in [1.82, 2.24) is 4.98 Å². The third kappa shape index (κ3) is 3.51. The Labute approximate surface area is 94.9 Å². The summed E-state index contributed by atoms with van der Waals surface area (Å²) in [6, 6.07) is 3.40. The molecule has 0 atom stereocenters. The van der Waals surface area contributed by atoms with E-state index in [4.69, 9.17) is 11.6 Å². The van der Waals surface area contributed by atoms with Crippen LogP contribution in [0.3, 0.4) is 0 Å². The Kier molecular flexibility index (Phi) is 4.56. The number of pyridine rings is 1. The lowest BCUT2D eigenvalue weighted by molar-refractivity contribution is -0.120. The fourth-order valence-electron chi connectivity index (χ4n) is 1.34. The first-order valence-electron chi connectivity index (χ1n) is 5.09. The van der Waals surface area contributed by atoms with Crippen molar-refractivity contribution in [3.8, 4) is 0 Å². The maximum atomic E-state index is 11.7. The van der Waals surface area contributed by atoms with Gasteiger partial charge in [0.2, 0.25) is 5.91 Å². The maximum absolute atomic E-state index is 11.7. The van der Waals surface area contributed by atoms with E-state index in [1.807, 2.05) is 13.8 Å². The van der Waals surface area contributed by atoms with Crippen LogP contribution in [0.4, 0.5) is 5.82 Å². The second-order valence-electron chi connectivity index (χ2n) is 3.36. The van der Waals surface area contributed by atoms with E-state index in [1.165, 1.54) is 6.20 Å². The average Bonchev–Trinajstić information content (AvgIpc) is 2.23. The molecule has 15 heavy (non-hydrogen) atoms. The fraction of sp³-hybridized carbons (Fsp3) is 0.455. The molecule has 0 aliphatic heterocycles. The van der Waals surface area contributed by atoms with E-state index >= 15 is 0 Å². The summed E-state index contributed by atoms with van der Waals surface area (Å²) in [6.07, 6.45) is 3.20. The van der Waals surface area contributed by atoms with E-state index in [-0.39, 0.29) is 11.8 Å². The Morgan fingerprint density at radius 1 is 1.47 bits per heavy atom. The van der Waals surface area contributed by atoms with Gasteiger partial charge < -0.3 is 5.32 Å². The largest absolute Gasteiger partial charge is 0.310 e. The van der Waals surface area contributed by atoms with Gasteiger partial charge in [-0.25, -0.2) is 4.98 Å². The molecule has 1 heterocycles. The standard InChI is InChI=1S/C11H15ClN2O/c1-3-8(4-2)11(15)14-10-6-5-9(12)7-13-10/h5-8H,3-4H2,1-2H3,(H,13,14,15). The molecular weight excluding hydrogens is 212 g/mol. The average molecular weight is 227 g/mol. The van der Waals surface area contributed by atoms with Crippen molar-refractivity contribution in [2.75, 3.05) is 5.32 Å². The summed E-state index contributed by atoms with van der Waals surface area (Å²) in [5, 5.41) is 3.33. The van der Waals surface area contributed by atoms with Crippen LogP contribution < -0.4 is 5.32 Å². The first kappa shape index (κ1) is 12.0. The van der Waals surface area contributed by atoms with E-state index in [0.29, 0.717) is 10.8 Å². The molecule has 0 aliphatic rings. The molecule has 1 N–H and O–H groups in total. The molecule has 1 aromatic rings. The number of rotatable bonds is 4. The molecule has 4 heteroatoms. The van der Waals surface area contributed by atoms with E-state index in [9.17, 15) is 4.79 Å². The second-order valence-corrected chi connectivity index (χ2v) is 3.80. The van der Waals surface area contributed by atoms with Crippen LogP contribution in [-0.4, -0.2) is 10.9 Å². The number of halogens is 1. The van der Waals surface area contributed by atoms with Gasteiger partial charge in [0.25, 0.3) is 0 Å². The van der Waals surface area contributed by atoms with Crippen LogP contribution in [0.25, 0.3) is 0 Å². The summed E-state index contributed by atoms with van der Waals surface area (Å²) < 4.78 is 0. The number of nitrogens with one attached hydrogen (secondary N) is 1. The Hall–Kier alpha value is -1.09. The highest BCUT2D eigenvalue weighted by Gasteiger charge is 2.14. The van der Waals surface area contributed by atoms with Gasteiger partial charge >= 0.3 is 0 Å². The van der Waals surface area contributed by atoms with Crippen LogP contribution in [0.15, 0.2) is 18.3 Å². The van der Waals surface area contributed by atoms with E-state index in [0.717, 1.165) is 12.8 Å². The fourth-order valence-corrected chi connectivity index (χ4v) is 1.45. The Balaban J connectivity index is 2.61. The zero-order chi connectivity index (χ0) is 11.3. The number of hydrogen-bond donors (Lipinski definition) is 1. The molecule has 1 rings (SSSR count). The highest BCUT2D eigenvalue weighted by molar-refractivity contribution is 6.30. The van der Waals surface area contributed by atoms with Gasteiger partial charge in [0, 0.05) is 12.1 Å². The second kappa shape index (κ2) is 5.71. The minimum absolute atomic E-state index is 0.0230. The molecule has 82 valence electrons. The predicted octanol–water partition coefficient (Wildman–Crippen LogP) is 3.11. The molecule has 0 radical (unpaired) electrons. The predicted molar refractivity (Wildman–Crippen MR) is 61.9 cm³/mol. The molecule has 3 nitrogen and oxygen atoms in total. The molecule has 0 aliphatic carbocycles. The molecule has 0 bridgehead atoms. The van der Waals surface area contributed by atoms with Crippen molar-refractivity contribution in [2.45, 2.75) is 26.7 Å². The number of anilines is 1. The van der Waals surface area contributed by atoms with Gasteiger partial charge in [-0.1, -0.05) is 25.4 Å². The number of aromatic nitrogens is 1. The van der Waals surface area contributed by atoms with E-state index < -0.39 is 0 Å². The summed E-state index contributed by atoms with van der Waals surface area (Å²) in [6.45, 7) is 4.01. The number of carbonyl (C=O) groups is 1. The van der Waals surface area contributed by atoms with Crippen molar-refractivity contribution in [3.05, 3.63) is 23.4 Å². The quantitative estimate of drug-likeness (QED) is 0.857. The summed E-state index contributed by atoms with van der Waals surface area (Å²) in [5.41, 5.74) is 0. The SMILES string of the molecule is CCC(CC)C(=O)Nc1ccc(Cl)cn1. The minimum Gasteiger partial charge on any atom is -0.310 e. The van der Waals surface area contributed by atoms with Gasteiger partial charge in [-0.15, -0.1) is 0 Å². The zero-order valence-corrected chi connectivity index (χ0v) is 9.71. The Morgan fingerprint density at radius 2 is 2.13 bits per heavy atom. The van der Waals surface area contributed by atoms with Gasteiger partial charge in [-0.05, 0) is 25.0 Å². The number of carbonyl (C=O) groups excluding carboxylic acids is 1. The monoisotopic (exact) mass is 226 g/mol. The molecule has 0 saturated carbocycles. The summed E-state index contributed by atoms with van der Waals surface area (Å²) >= 11 is 5.69. The molecule has 1 amide bonds. The molecule has 0 fully saturated rings. The molecule has 0 unspecified atom stereocenters. The van der Waals surface area contributed by atoms with Gasteiger partial charge in [0.05, 0.1) is 5.02 Å². The molecular formula is C11H15ClN2O. The van der Waals surface area contributed by atoms with Crippen molar-refractivity contribution in [1.29, 1.82) is 0 Å². The Bertz CT molecular complexity index is 320. The molecule has 0 saturated heterocycles. The third-order valence-corrected chi connectivity index (χ3v) is 2.56. The zero-order valence-electron chi connectivity index (χ0n) is 8.96. The smallest absolute Gasteiger partial charge is 0.228 e. The third-order valence-electron chi connectivity index (χ3n) is 2.34. The van der Waals surface area contributed by atoms with Crippen LogP contribution in [0.2, 0.25) is 5.02 Å². The van der Waals surface area contributed by atoms with Crippen molar-refractivity contribution < 1.29 is 4.79 Å². The Morgan fingerprint density at radius 3 is 2.60 bits per heavy atom. The summed E-state index contributed by atoms with van der Waals surface area (Å²) in [4.78, 5) is 15.7. The molecule has 0 spiro atoms. The van der Waals surface area contributed by atoms with Gasteiger partial charge in [-0.3, -0.25) is 4.79 Å². The number of nitrogens with zero attached hydrogens (tertiary/aromatic N) is 1. The van der Waals surface area contributed by atoms with Gasteiger partial charge in [0.1, 0.15) is 5.82 Å². The number of amides is 1. The first-order valence-corrected chi connectivity index (χ1v) is 5.47. The van der Waals surface area contributed by atoms with Crippen LogP contribution in [0.1, 0.15) is 26.7 Å². The van der Waals surface area contributed by atoms with Crippen molar-refractivity contribution >= 4 is 23.3 Å². The first-order chi connectivity index (χ1) is 7.17. The highest BCUT2D eigenvalue weighted by atomic mass is 35.5. The lowest BCUT2D eigenvalue weighted by atomic mass is 10.0. The summed E-state index contributed by atoms with van der Waals surface area (Å²) in [5.74, 6) is 0.633. The van der Waals surface area contributed by atoms with Crippen LogP contribution in [0.5, 0.6) is 0 Å². The van der Waals surface area contributed by atoms with E-state index in [2.05, 4.69) is 10.3 Å². The molecule has 1 aromatic heterocycles. The summed E-state index contributed by atoms with van der Waals surface area (Å²) in [7, 11) is 0. The lowest BCUT2D eigenvalue weighted by Gasteiger charge is -2.11. The van der Waals surface area contributed by atoms with Crippen molar-refractivity contribution in [3.63, 3.8) is 0 Å². The molecule has 0 aromatic carbocycles. The van der Waals surface area contributed by atoms with Crippen molar-refractivity contribution in [2.24, 2.45) is 5.92 Å². The maximum Gasteiger partial charge on any atom is 0.228 e. The van der Waals surface area contributed by atoms with E-state index in [1.54, 1.807) is 12.1 Å². The van der Waals surface area contributed by atoms with Crippen LogP contribution >= 0.6 is 11.6 Å². The van der Waals surface area contributed by atoms with Gasteiger partial charge in [0.15, 0.2) is 0 Å². The van der Waals surface area contributed by atoms with Gasteiger partial charge in [-0.2, -0.15) is 0 Å². The van der Waals surface area contributed by atoms with Crippen LogP contribution in [-0.2, 0) is 4.79 Å². The highest BCUT2D eigenvalue weighted by Crippen LogP contribution is 2.13. The topological polar surface area (TPSA) is 42.0 Å². The van der Waals surface area contributed by atoms with Crippen LogP contribution in [0, 0.1) is 5.92 Å².